The number of benzene rings is 1. The first-order valence-electron chi connectivity index (χ1n) is 21.9. The molecule has 6 bridgehead atoms. The number of amides is 4. The summed E-state index contributed by atoms with van der Waals surface area (Å²) in [6.45, 7) is 15.7. The number of likely N-dealkylation sites (N-methyl/N-ethyl adjacent to an activating group) is 1. The predicted molar refractivity (Wildman–Crippen MR) is 239 cm³/mol. The van der Waals surface area contributed by atoms with Gasteiger partial charge in [0.1, 0.15) is 12.1 Å². The Bertz CT molecular complexity index is 2340. The average molecular weight is 887 g/mol. The van der Waals surface area contributed by atoms with Crippen LogP contribution in [0.4, 0.5) is 4.79 Å². The highest BCUT2D eigenvalue weighted by Gasteiger charge is 2.46. The minimum atomic E-state index is -2.21. The number of aromatic nitrogens is 3. The van der Waals surface area contributed by atoms with Crippen LogP contribution in [0.2, 0.25) is 0 Å². The van der Waals surface area contributed by atoms with Crippen molar-refractivity contribution in [2.75, 3.05) is 47.1 Å². The van der Waals surface area contributed by atoms with Crippen molar-refractivity contribution >= 4 is 46.1 Å². The fourth-order valence-corrected chi connectivity index (χ4v) is 9.97. The van der Waals surface area contributed by atoms with Crippen LogP contribution in [0, 0.1) is 11.3 Å². The molecule has 0 unspecified atom stereocenters. The lowest BCUT2D eigenvalue weighted by Crippen LogP contribution is -2.67. The number of hydrogen-bond acceptors (Lipinski definition) is 12. The van der Waals surface area contributed by atoms with Gasteiger partial charge in [0, 0.05) is 85.7 Å². The van der Waals surface area contributed by atoms with E-state index in [2.05, 4.69) is 40.4 Å². The van der Waals surface area contributed by atoms with Crippen molar-refractivity contribution in [1.29, 1.82) is 0 Å². The standard InChI is InChI=1S/C46H62N8O8S/c1-10-52-36-15-14-30-21-32(36)33(40(52)31-13-11-17-47-38(31)29(5)60-9)23-45(6,7)26-62-43(57)46(59)16-12-18-54(50-46)42(56)34(22-37-48-35(30)25-63-37)49-41(55)39(27(2)3)51(8)44(58)53-19-20-61-24-28(53)4/h11,13-15,17,21,25,27-29,34,39,50,59H,10,12,16,18-20,22-24,26H2,1-9H3,(H,49,55)/t28-,29+,34+,39+,46+/m1/s1. The lowest BCUT2D eigenvalue weighted by molar-refractivity contribution is -0.189. The molecule has 340 valence electrons. The summed E-state index contributed by atoms with van der Waals surface area (Å²) in [5, 5.41) is 19.5. The third-order valence-electron chi connectivity index (χ3n) is 12.5. The van der Waals surface area contributed by atoms with Gasteiger partial charge in [0.2, 0.25) is 11.6 Å². The molecule has 0 aliphatic carbocycles. The second kappa shape index (κ2) is 18.6. The highest BCUT2D eigenvalue weighted by atomic mass is 32.1. The first kappa shape index (κ1) is 46.1. The number of nitrogens with one attached hydrogen (secondary N) is 2. The molecular weight excluding hydrogens is 825 g/mol. The molecule has 1 aromatic carbocycles. The predicted octanol–water partition coefficient (Wildman–Crippen LogP) is 5.32. The molecule has 7 rings (SSSR count). The summed E-state index contributed by atoms with van der Waals surface area (Å²) in [6, 6.07) is 7.70. The SMILES string of the molecule is CCn1c(-c2cccnc2[C@H](C)OC)c2c3cc(ccc31)-c1csc(n1)C[C@H](NC(=O)[C@H](C(C)C)N(C)C(=O)N1CCOC[C@H]1C)C(=O)N1CCC[C@@](O)(N1)C(=O)OCC(C)(C)C2. The second-order valence-electron chi connectivity index (χ2n) is 18.2. The van der Waals surface area contributed by atoms with E-state index in [4.69, 9.17) is 24.2 Å². The molecule has 0 spiro atoms. The van der Waals surface area contributed by atoms with Crippen molar-refractivity contribution in [1.82, 2.24) is 40.1 Å². The number of carbonyl (C=O) groups excluding carboxylic acids is 4. The van der Waals surface area contributed by atoms with Crippen LogP contribution in [-0.4, -0.2) is 129 Å². The van der Waals surface area contributed by atoms with E-state index < -0.39 is 41.0 Å². The molecule has 2 fully saturated rings. The average Bonchev–Trinajstić information content (AvgIpc) is 3.85. The molecule has 3 aliphatic rings. The lowest BCUT2D eigenvalue weighted by atomic mass is 9.84. The van der Waals surface area contributed by atoms with Gasteiger partial charge in [0.25, 0.3) is 5.91 Å². The highest BCUT2D eigenvalue weighted by molar-refractivity contribution is 7.10. The van der Waals surface area contributed by atoms with E-state index in [0.717, 1.165) is 39.0 Å². The van der Waals surface area contributed by atoms with Crippen molar-refractivity contribution in [2.45, 2.75) is 111 Å². The van der Waals surface area contributed by atoms with Gasteiger partial charge in [0.15, 0.2) is 0 Å². The monoisotopic (exact) mass is 886 g/mol. The third kappa shape index (κ3) is 9.34. The maximum atomic E-state index is 14.6. The number of hydrazine groups is 1. The molecule has 2 saturated heterocycles. The van der Waals surface area contributed by atoms with Gasteiger partial charge >= 0.3 is 12.0 Å². The number of pyridine rings is 1. The molecule has 0 radical (unpaired) electrons. The first-order valence-corrected chi connectivity index (χ1v) is 22.8. The Kier molecular flexibility index (Phi) is 13.6. The summed E-state index contributed by atoms with van der Waals surface area (Å²) in [5.74, 6) is -2.30. The minimum Gasteiger partial charge on any atom is -0.462 e. The van der Waals surface area contributed by atoms with Crippen molar-refractivity contribution in [3.8, 4) is 22.5 Å². The van der Waals surface area contributed by atoms with Gasteiger partial charge in [-0.15, -0.1) is 11.3 Å². The number of ether oxygens (including phenoxy) is 3. The number of aryl methyl sites for hydroxylation is 1. The Morgan fingerprint density at radius 2 is 1.95 bits per heavy atom. The number of rotatable bonds is 8. The maximum Gasteiger partial charge on any atom is 0.355 e. The molecular formula is C46H62N8O8S. The van der Waals surface area contributed by atoms with Crippen LogP contribution >= 0.6 is 11.3 Å². The van der Waals surface area contributed by atoms with Gasteiger partial charge in [-0.3, -0.25) is 19.6 Å². The zero-order chi connectivity index (χ0) is 45.4. The quantitative estimate of drug-likeness (QED) is 0.195. The lowest BCUT2D eigenvalue weighted by Gasteiger charge is -2.41. The van der Waals surface area contributed by atoms with Crippen molar-refractivity contribution in [2.24, 2.45) is 11.3 Å². The van der Waals surface area contributed by atoms with E-state index in [1.54, 1.807) is 25.3 Å². The van der Waals surface area contributed by atoms with E-state index >= 15 is 0 Å². The van der Waals surface area contributed by atoms with Gasteiger partial charge in [0.05, 0.1) is 54.1 Å². The topological polar surface area (TPSA) is 181 Å². The number of nitrogens with zero attached hydrogens (tertiary/aromatic N) is 6. The molecule has 3 N–H and O–H groups in total. The Balaban J connectivity index is 1.31. The Morgan fingerprint density at radius 3 is 2.67 bits per heavy atom. The molecule has 63 heavy (non-hydrogen) atoms. The van der Waals surface area contributed by atoms with Crippen LogP contribution < -0.4 is 10.7 Å². The smallest absolute Gasteiger partial charge is 0.355 e. The van der Waals surface area contributed by atoms with Gasteiger partial charge in [-0.2, -0.15) is 5.43 Å². The number of carbonyl (C=O) groups is 4. The zero-order valence-corrected chi connectivity index (χ0v) is 38.7. The number of urea groups is 1. The van der Waals surface area contributed by atoms with Crippen molar-refractivity contribution in [3.63, 3.8) is 0 Å². The number of thiazole rings is 1. The molecule has 16 nitrogen and oxygen atoms in total. The number of cyclic esters (lactones) is 1. The molecule has 17 heteroatoms. The van der Waals surface area contributed by atoms with Crippen molar-refractivity contribution < 1.29 is 38.5 Å². The van der Waals surface area contributed by atoms with Gasteiger partial charge < -0.3 is 39.0 Å². The van der Waals surface area contributed by atoms with Crippen LogP contribution in [-0.2, 0) is 48.0 Å². The minimum absolute atomic E-state index is 0.00355. The van der Waals surface area contributed by atoms with Crippen molar-refractivity contribution in [3.05, 3.63) is 58.2 Å². The Labute approximate surface area is 373 Å². The molecule has 3 aliphatic heterocycles. The largest absolute Gasteiger partial charge is 0.462 e. The highest BCUT2D eigenvalue weighted by Crippen LogP contribution is 2.42. The van der Waals surface area contributed by atoms with Gasteiger partial charge in [-0.25, -0.2) is 14.6 Å². The number of morpholine rings is 1. The zero-order valence-electron chi connectivity index (χ0n) is 37.9. The number of hydrogen-bond donors (Lipinski definition) is 3. The molecule has 4 amide bonds. The summed E-state index contributed by atoms with van der Waals surface area (Å²) in [6.07, 6.45) is 2.29. The number of aliphatic hydroxyl groups is 1. The Hall–Kier alpha value is -4.94. The fraction of sp³-hybridized carbons (Fsp3) is 0.565. The van der Waals surface area contributed by atoms with E-state index in [1.807, 2.05) is 59.1 Å². The molecule has 6 heterocycles. The van der Waals surface area contributed by atoms with Crippen LogP contribution in [0.5, 0.6) is 0 Å². The van der Waals surface area contributed by atoms with E-state index in [-0.39, 0.29) is 56.5 Å². The molecule has 4 aromatic rings. The van der Waals surface area contributed by atoms with Crippen LogP contribution in [0.25, 0.3) is 33.4 Å². The summed E-state index contributed by atoms with van der Waals surface area (Å²) in [4.78, 5) is 69.7. The van der Waals surface area contributed by atoms with Gasteiger partial charge in [-0.05, 0) is 69.4 Å². The number of esters is 1. The van der Waals surface area contributed by atoms with Crippen LogP contribution in [0.1, 0.15) is 83.7 Å². The number of methoxy groups -OCH3 is 1. The van der Waals surface area contributed by atoms with Crippen LogP contribution in [0.3, 0.4) is 0 Å². The summed E-state index contributed by atoms with van der Waals surface area (Å²) in [5.41, 5.74) is 6.34. The molecule has 3 aromatic heterocycles. The van der Waals surface area contributed by atoms with Gasteiger partial charge in [-0.1, -0.05) is 33.8 Å². The summed E-state index contributed by atoms with van der Waals surface area (Å²) in [7, 11) is 3.27. The van der Waals surface area contributed by atoms with Crippen LogP contribution in [0.15, 0.2) is 41.9 Å². The first-order chi connectivity index (χ1) is 30.0. The fourth-order valence-electron chi connectivity index (χ4n) is 9.12. The van der Waals surface area contributed by atoms with E-state index in [9.17, 15) is 24.3 Å². The van der Waals surface area contributed by atoms with E-state index in [1.165, 1.54) is 21.2 Å². The van der Waals surface area contributed by atoms with E-state index in [0.29, 0.717) is 43.4 Å². The molecule has 0 saturated carbocycles. The Morgan fingerprint density at radius 1 is 1.17 bits per heavy atom. The second-order valence-corrected chi connectivity index (χ2v) is 19.1. The molecule has 5 atom stereocenters. The third-order valence-corrected chi connectivity index (χ3v) is 13.4. The summed E-state index contributed by atoms with van der Waals surface area (Å²) >= 11 is 1.37. The summed E-state index contributed by atoms with van der Waals surface area (Å²) < 4.78 is 19.6. The number of fused-ring (bicyclic) bond motifs is 6. The maximum absolute atomic E-state index is 14.6. The normalized spacial score (nSPS) is 23.0.